The lowest BCUT2D eigenvalue weighted by Gasteiger charge is -2.23. The van der Waals surface area contributed by atoms with Crippen molar-refractivity contribution in [3.63, 3.8) is 0 Å². The zero-order valence-corrected chi connectivity index (χ0v) is 6.56. The van der Waals surface area contributed by atoms with Crippen LogP contribution in [0.25, 0.3) is 0 Å². The Morgan fingerprint density at radius 3 is 2.91 bits per heavy atom. The Kier molecular flexibility index (Phi) is 1.69. The van der Waals surface area contributed by atoms with Gasteiger partial charge in [0.2, 0.25) is 0 Å². The molecule has 1 heteroatoms. The minimum Gasteiger partial charge on any atom is -0.396 e. The fraction of sp³-hybridized carbons (Fsp3) is 0.500. The first-order chi connectivity index (χ1) is 5.40. The van der Waals surface area contributed by atoms with Gasteiger partial charge in [0.1, 0.15) is 0 Å². The van der Waals surface area contributed by atoms with Gasteiger partial charge < -0.3 is 5.11 Å². The van der Waals surface area contributed by atoms with Crippen molar-refractivity contribution in [2.45, 2.75) is 25.7 Å². The molecule has 0 radical (unpaired) electrons. The van der Waals surface area contributed by atoms with Crippen molar-refractivity contribution in [3.8, 4) is 0 Å². The lowest BCUT2D eigenvalue weighted by Crippen LogP contribution is -2.05. The Hall–Kier alpha value is -0.780. The molecule has 1 saturated carbocycles. The molecule has 0 aromatic heterocycles. The van der Waals surface area contributed by atoms with E-state index in [0.29, 0.717) is 0 Å². The Labute approximate surface area is 66.7 Å². The summed E-state index contributed by atoms with van der Waals surface area (Å²) in [4.78, 5) is 0. The summed E-state index contributed by atoms with van der Waals surface area (Å²) in [6, 6.07) is 0. The molecule has 0 amide bonds. The molecule has 0 unspecified atom stereocenters. The number of hydrogen-bond acceptors (Lipinski definition) is 1. The first-order valence-corrected chi connectivity index (χ1v) is 4.18. The molecule has 0 heterocycles. The van der Waals surface area contributed by atoms with E-state index in [4.69, 9.17) is 5.11 Å². The lowest BCUT2D eigenvalue weighted by molar-refractivity contribution is 0.298. The van der Waals surface area contributed by atoms with Crippen LogP contribution in [0.2, 0.25) is 0 Å². The summed E-state index contributed by atoms with van der Waals surface area (Å²) in [5.41, 5.74) is 7.51. The van der Waals surface area contributed by atoms with Crippen LogP contribution in [0.4, 0.5) is 0 Å². The maximum Gasteiger partial charge on any atom is 0.0474 e. The van der Waals surface area contributed by atoms with Crippen molar-refractivity contribution in [1.82, 2.24) is 0 Å². The predicted molar refractivity (Wildman–Crippen MR) is 44.2 cm³/mol. The summed E-state index contributed by atoms with van der Waals surface area (Å²) in [5, 5.41) is 8.70. The van der Waals surface area contributed by atoms with E-state index in [1.54, 1.807) is 0 Å². The van der Waals surface area contributed by atoms with Gasteiger partial charge in [0, 0.05) is 6.61 Å². The third kappa shape index (κ3) is 1.18. The van der Waals surface area contributed by atoms with Crippen molar-refractivity contribution in [3.05, 3.63) is 28.5 Å². The van der Waals surface area contributed by atoms with E-state index in [-0.39, 0.29) is 6.61 Å². The van der Waals surface area contributed by atoms with E-state index in [1.165, 1.54) is 29.6 Å². The maximum atomic E-state index is 8.70. The molecule has 1 N–H and O–H groups in total. The van der Waals surface area contributed by atoms with Gasteiger partial charge in [-0.15, -0.1) is 5.73 Å². The van der Waals surface area contributed by atoms with Crippen LogP contribution in [-0.4, -0.2) is 11.7 Å². The minimum absolute atomic E-state index is 0.263. The van der Waals surface area contributed by atoms with Gasteiger partial charge in [-0.2, -0.15) is 0 Å². The van der Waals surface area contributed by atoms with Crippen LogP contribution in [0.1, 0.15) is 25.7 Å². The van der Waals surface area contributed by atoms with Crippen LogP contribution in [0.3, 0.4) is 0 Å². The average molecular weight is 148 g/mol. The van der Waals surface area contributed by atoms with Crippen LogP contribution < -0.4 is 0 Å². The molecule has 2 aliphatic rings. The molecular formula is C10H12O. The monoisotopic (exact) mass is 148 g/mol. The summed E-state index contributed by atoms with van der Waals surface area (Å²) >= 11 is 0. The highest BCUT2D eigenvalue weighted by Crippen LogP contribution is 2.35. The maximum absolute atomic E-state index is 8.70. The van der Waals surface area contributed by atoms with Gasteiger partial charge in [-0.05, 0) is 42.4 Å². The van der Waals surface area contributed by atoms with E-state index >= 15 is 0 Å². The Morgan fingerprint density at radius 2 is 2.36 bits per heavy atom. The number of fused-ring (bicyclic) bond motifs is 1. The highest BCUT2D eigenvalue weighted by atomic mass is 16.2. The van der Waals surface area contributed by atoms with Gasteiger partial charge >= 0.3 is 0 Å². The summed E-state index contributed by atoms with van der Waals surface area (Å²) in [7, 11) is 0. The Bertz CT molecular complexity index is 265. The number of hydrogen-bond donors (Lipinski definition) is 1. The quantitative estimate of drug-likeness (QED) is 0.593. The van der Waals surface area contributed by atoms with E-state index in [2.05, 4.69) is 11.8 Å². The van der Waals surface area contributed by atoms with Crippen LogP contribution in [-0.2, 0) is 0 Å². The summed E-state index contributed by atoms with van der Waals surface area (Å²) in [6.45, 7) is 0.263. The van der Waals surface area contributed by atoms with Gasteiger partial charge in [0.25, 0.3) is 0 Å². The van der Waals surface area contributed by atoms with E-state index in [9.17, 15) is 0 Å². The second kappa shape index (κ2) is 2.69. The van der Waals surface area contributed by atoms with Crippen molar-refractivity contribution in [2.75, 3.05) is 6.61 Å². The number of aliphatic hydroxyl groups excluding tert-OH is 1. The smallest absolute Gasteiger partial charge is 0.0474 e. The predicted octanol–water partition coefficient (Wildman–Crippen LogP) is 1.94. The number of rotatable bonds is 2. The molecule has 0 aliphatic heterocycles. The van der Waals surface area contributed by atoms with E-state index < -0.39 is 0 Å². The zero-order valence-electron chi connectivity index (χ0n) is 6.56. The van der Waals surface area contributed by atoms with Gasteiger partial charge in [-0.3, -0.25) is 0 Å². The van der Waals surface area contributed by atoms with Gasteiger partial charge in [-0.1, -0.05) is 6.08 Å². The standard InChI is InChI=1S/C10H12O/c11-6-5-8-1-2-9-3-4-10(9)7-8/h2,11H,1,3-6H2. The van der Waals surface area contributed by atoms with Crippen LogP contribution in [0, 0.1) is 0 Å². The third-order valence-corrected chi connectivity index (χ3v) is 2.37. The fourth-order valence-corrected chi connectivity index (χ4v) is 1.57. The Morgan fingerprint density at radius 1 is 1.45 bits per heavy atom. The molecule has 2 aliphatic carbocycles. The van der Waals surface area contributed by atoms with Crippen molar-refractivity contribution in [2.24, 2.45) is 0 Å². The van der Waals surface area contributed by atoms with Gasteiger partial charge in [-0.25, -0.2) is 0 Å². The minimum atomic E-state index is 0.263. The Balaban J connectivity index is 2.20. The first-order valence-electron chi connectivity index (χ1n) is 4.18. The molecule has 0 atom stereocenters. The van der Waals surface area contributed by atoms with Crippen molar-refractivity contribution < 1.29 is 5.11 Å². The number of allylic oxidation sites excluding steroid dienone is 2. The van der Waals surface area contributed by atoms with E-state index in [0.717, 1.165) is 12.8 Å². The first kappa shape index (κ1) is 6.90. The highest BCUT2D eigenvalue weighted by molar-refractivity contribution is 5.43. The second-order valence-corrected chi connectivity index (χ2v) is 3.11. The molecule has 11 heavy (non-hydrogen) atoms. The highest BCUT2D eigenvalue weighted by Gasteiger charge is 2.18. The van der Waals surface area contributed by atoms with Crippen LogP contribution in [0.15, 0.2) is 28.5 Å². The summed E-state index contributed by atoms with van der Waals surface area (Å²) in [5.74, 6) is 0. The molecule has 2 rings (SSSR count). The van der Waals surface area contributed by atoms with Crippen molar-refractivity contribution >= 4 is 0 Å². The molecule has 1 nitrogen and oxygen atoms in total. The molecule has 0 aromatic rings. The molecule has 0 spiro atoms. The normalized spacial score (nSPS) is 21.0. The van der Waals surface area contributed by atoms with Crippen LogP contribution >= 0.6 is 0 Å². The van der Waals surface area contributed by atoms with Crippen LogP contribution in [0.5, 0.6) is 0 Å². The fourth-order valence-electron chi connectivity index (χ4n) is 1.57. The lowest BCUT2D eigenvalue weighted by atomic mass is 9.81. The molecule has 58 valence electrons. The summed E-state index contributed by atoms with van der Waals surface area (Å²) < 4.78 is 0. The molecule has 0 bridgehead atoms. The van der Waals surface area contributed by atoms with Gasteiger partial charge in [0.05, 0.1) is 0 Å². The topological polar surface area (TPSA) is 20.2 Å². The third-order valence-electron chi connectivity index (χ3n) is 2.37. The van der Waals surface area contributed by atoms with Crippen molar-refractivity contribution in [1.29, 1.82) is 0 Å². The molecule has 0 aromatic carbocycles. The summed E-state index contributed by atoms with van der Waals surface area (Å²) in [6.07, 6.45) is 6.53. The molecule has 0 saturated heterocycles. The van der Waals surface area contributed by atoms with Gasteiger partial charge in [0.15, 0.2) is 0 Å². The largest absolute Gasteiger partial charge is 0.396 e. The van der Waals surface area contributed by atoms with E-state index in [1.807, 2.05) is 0 Å². The second-order valence-electron chi connectivity index (χ2n) is 3.11. The molecule has 1 fully saturated rings. The SMILES string of the molecule is OCCC1=C=C2CCC2=CC1. The average Bonchev–Trinajstić information content (AvgIpc) is 1.96. The zero-order chi connectivity index (χ0) is 7.68. The number of aliphatic hydroxyl groups is 1. The molecular weight excluding hydrogens is 136 g/mol.